The van der Waals surface area contributed by atoms with Gasteiger partial charge in [0.2, 0.25) is 0 Å². The zero-order valence-electron chi connectivity index (χ0n) is 10.9. The van der Waals surface area contributed by atoms with Gasteiger partial charge in [0.1, 0.15) is 17.7 Å². The molecule has 3 heterocycles. The summed E-state index contributed by atoms with van der Waals surface area (Å²) in [5, 5.41) is 0. The van der Waals surface area contributed by atoms with Crippen molar-refractivity contribution in [2.45, 2.75) is 19.4 Å². The highest BCUT2D eigenvalue weighted by Gasteiger charge is 2.25. The molecule has 2 aromatic heterocycles. The summed E-state index contributed by atoms with van der Waals surface area (Å²) in [4.78, 5) is 14.8. The number of aryl methyl sites for hydroxylation is 1. The van der Waals surface area contributed by atoms with E-state index >= 15 is 0 Å². The largest absolute Gasteiger partial charge is 0.487 e. The minimum absolute atomic E-state index is 0.185. The molecule has 5 nitrogen and oxygen atoms in total. The number of pyridine rings is 1. The Hall–Kier alpha value is -2.17. The van der Waals surface area contributed by atoms with Crippen LogP contribution in [-0.4, -0.2) is 34.1 Å². The van der Waals surface area contributed by atoms with Crippen molar-refractivity contribution in [1.82, 2.24) is 15.0 Å². The van der Waals surface area contributed by atoms with Crippen molar-refractivity contribution in [3.8, 4) is 5.75 Å². The van der Waals surface area contributed by atoms with Gasteiger partial charge in [0.25, 0.3) is 0 Å². The molecule has 5 heteroatoms. The summed E-state index contributed by atoms with van der Waals surface area (Å²) < 4.78 is 6.01. The van der Waals surface area contributed by atoms with Gasteiger partial charge in [0.05, 0.1) is 18.4 Å². The van der Waals surface area contributed by atoms with Crippen LogP contribution in [0.5, 0.6) is 5.75 Å². The fraction of sp³-hybridized carbons (Fsp3) is 0.357. The summed E-state index contributed by atoms with van der Waals surface area (Å²) in [5.41, 5.74) is 0.931. The molecule has 1 unspecified atom stereocenters. The number of aromatic nitrogens is 3. The van der Waals surface area contributed by atoms with Crippen LogP contribution in [0, 0.1) is 6.92 Å². The second kappa shape index (κ2) is 5.22. The molecule has 0 aliphatic carbocycles. The molecule has 1 atom stereocenters. The molecule has 0 saturated carbocycles. The van der Waals surface area contributed by atoms with Crippen LogP contribution in [0.4, 0.5) is 5.82 Å². The molecule has 1 saturated heterocycles. The third-order valence-electron chi connectivity index (χ3n) is 3.27. The van der Waals surface area contributed by atoms with Crippen LogP contribution in [0.1, 0.15) is 12.1 Å². The number of ether oxygens (including phenoxy) is 1. The monoisotopic (exact) mass is 256 g/mol. The van der Waals surface area contributed by atoms with Crippen molar-refractivity contribution in [2.75, 3.05) is 18.0 Å². The molecule has 19 heavy (non-hydrogen) atoms. The van der Waals surface area contributed by atoms with Crippen molar-refractivity contribution >= 4 is 5.82 Å². The molecule has 0 N–H and O–H groups in total. The third-order valence-corrected chi connectivity index (χ3v) is 3.27. The molecule has 1 aliphatic heterocycles. The highest BCUT2D eigenvalue weighted by atomic mass is 16.5. The summed E-state index contributed by atoms with van der Waals surface area (Å²) in [6, 6.07) is 3.87. The van der Waals surface area contributed by atoms with E-state index in [2.05, 4.69) is 19.9 Å². The van der Waals surface area contributed by atoms with E-state index in [1.807, 2.05) is 19.1 Å². The van der Waals surface area contributed by atoms with Crippen LogP contribution < -0.4 is 9.64 Å². The van der Waals surface area contributed by atoms with Gasteiger partial charge in [-0.2, -0.15) is 0 Å². The Bertz CT molecular complexity index is 546. The lowest BCUT2D eigenvalue weighted by Crippen LogP contribution is -2.25. The average molecular weight is 256 g/mol. The van der Waals surface area contributed by atoms with E-state index < -0.39 is 0 Å². The quantitative estimate of drug-likeness (QED) is 0.838. The van der Waals surface area contributed by atoms with Crippen LogP contribution >= 0.6 is 0 Å². The van der Waals surface area contributed by atoms with Gasteiger partial charge in [-0.25, -0.2) is 4.98 Å². The fourth-order valence-corrected chi connectivity index (χ4v) is 2.26. The molecular formula is C14H16N4O. The zero-order chi connectivity index (χ0) is 13.1. The number of hydrogen-bond donors (Lipinski definition) is 0. The molecule has 2 aromatic rings. The van der Waals surface area contributed by atoms with E-state index in [1.165, 1.54) is 0 Å². The van der Waals surface area contributed by atoms with Gasteiger partial charge in [-0.1, -0.05) is 0 Å². The van der Waals surface area contributed by atoms with Crippen molar-refractivity contribution < 1.29 is 4.74 Å². The highest BCUT2D eigenvalue weighted by Crippen LogP contribution is 2.22. The second-order valence-corrected chi connectivity index (χ2v) is 4.63. The van der Waals surface area contributed by atoms with Crippen molar-refractivity contribution in [3.05, 3.63) is 42.6 Å². The number of nitrogens with zero attached hydrogens (tertiary/aromatic N) is 4. The first-order valence-electron chi connectivity index (χ1n) is 6.42. The van der Waals surface area contributed by atoms with Gasteiger partial charge in [0, 0.05) is 31.6 Å². The number of rotatable bonds is 3. The molecule has 98 valence electrons. The van der Waals surface area contributed by atoms with Crippen LogP contribution in [0.2, 0.25) is 0 Å². The van der Waals surface area contributed by atoms with Crippen LogP contribution in [0.15, 0.2) is 36.9 Å². The lowest BCUT2D eigenvalue weighted by atomic mass is 10.3. The van der Waals surface area contributed by atoms with Gasteiger partial charge in [-0.15, -0.1) is 0 Å². The van der Waals surface area contributed by atoms with Crippen LogP contribution in [0.25, 0.3) is 0 Å². The maximum atomic E-state index is 6.01. The summed E-state index contributed by atoms with van der Waals surface area (Å²) in [5.74, 6) is 1.78. The molecule has 1 fully saturated rings. The smallest absolute Gasteiger partial charge is 0.147 e. The Kier molecular flexibility index (Phi) is 3.27. The summed E-state index contributed by atoms with van der Waals surface area (Å²) >= 11 is 0. The molecule has 0 amide bonds. The predicted molar refractivity (Wildman–Crippen MR) is 72.3 cm³/mol. The van der Waals surface area contributed by atoms with E-state index in [1.54, 1.807) is 24.8 Å². The Balaban J connectivity index is 1.65. The highest BCUT2D eigenvalue weighted by molar-refractivity contribution is 5.37. The molecule has 0 radical (unpaired) electrons. The maximum absolute atomic E-state index is 6.01. The number of hydrogen-bond acceptors (Lipinski definition) is 5. The van der Waals surface area contributed by atoms with E-state index in [9.17, 15) is 0 Å². The Morgan fingerprint density at radius 2 is 2.21 bits per heavy atom. The SMILES string of the molecule is Cc1ncccc1OC1CCN(c2cnccn2)C1. The molecule has 0 bridgehead atoms. The lowest BCUT2D eigenvalue weighted by Gasteiger charge is -2.17. The van der Waals surface area contributed by atoms with Crippen LogP contribution in [0.3, 0.4) is 0 Å². The first-order valence-corrected chi connectivity index (χ1v) is 6.42. The van der Waals surface area contributed by atoms with Gasteiger partial charge < -0.3 is 9.64 Å². The summed E-state index contributed by atoms with van der Waals surface area (Å²) in [6.07, 6.45) is 8.15. The van der Waals surface area contributed by atoms with Crippen LogP contribution in [-0.2, 0) is 0 Å². The van der Waals surface area contributed by atoms with Crippen molar-refractivity contribution in [1.29, 1.82) is 0 Å². The topological polar surface area (TPSA) is 51.1 Å². The summed E-state index contributed by atoms with van der Waals surface area (Å²) in [7, 11) is 0. The fourth-order valence-electron chi connectivity index (χ4n) is 2.26. The molecular weight excluding hydrogens is 240 g/mol. The predicted octanol–water partition coefficient (Wildman–Crippen LogP) is 1.84. The maximum Gasteiger partial charge on any atom is 0.147 e. The van der Waals surface area contributed by atoms with E-state index in [-0.39, 0.29) is 6.10 Å². The molecule has 3 rings (SSSR count). The number of anilines is 1. The first-order chi connectivity index (χ1) is 9.33. The van der Waals surface area contributed by atoms with E-state index in [0.29, 0.717) is 0 Å². The zero-order valence-corrected chi connectivity index (χ0v) is 10.9. The normalized spacial score (nSPS) is 18.6. The van der Waals surface area contributed by atoms with E-state index in [4.69, 9.17) is 4.74 Å². The second-order valence-electron chi connectivity index (χ2n) is 4.63. The minimum atomic E-state index is 0.185. The van der Waals surface area contributed by atoms with Gasteiger partial charge in [-0.05, 0) is 19.1 Å². The van der Waals surface area contributed by atoms with Crippen molar-refractivity contribution in [3.63, 3.8) is 0 Å². The van der Waals surface area contributed by atoms with Gasteiger partial charge in [-0.3, -0.25) is 9.97 Å². The minimum Gasteiger partial charge on any atom is -0.487 e. The van der Waals surface area contributed by atoms with Crippen molar-refractivity contribution in [2.24, 2.45) is 0 Å². The van der Waals surface area contributed by atoms with Gasteiger partial charge >= 0.3 is 0 Å². The lowest BCUT2D eigenvalue weighted by molar-refractivity contribution is 0.222. The summed E-state index contributed by atoms with van der Waals surface area (Å²) in [6.45, 7) is 3.75. The molecule has 1 aliphatic rings. The molecule has 0 spiro atoms. The Morgan fingerprint density at radius 3 is 3.00 bits per heavy atom. The van der Waals surface area contributed by atoms with Gasteiger partial charge in [0.15, 0.2) is 0 Å². The Morgan fingerprint density at radius 1 is 1.26 bits per heavy atom. The first kappa shape index (κ1) is 11.9. The molecule has 0 aromatic carbocycles. The van der Waals surface area contributed by atoms with E-state index in [0.717, 1.165) is 36.8 Å². The third kappa shape index (κ3) is 2.65. The average Bonchev–Trinajstić information content (AvgIpc) is 2.91. The Labute approximate surface area is 112 Å². The standard InChI is InChI=1S/C14H16N4O/c1-11-13(3-2-5-16-11)19-12-4-8-18(10-12)14-9-15-6-7-17-14/h2-3,5-7,9,12H,4,8,10H2,1H3.